The predicted octanol–water partition coefficient (Wildman–Crippen LogP) is 2.62. The number of benzene rings is 1. The standard InChI is InChI=1S/C12H11ClF2N2O2/c1-19-10(18)4-5-17-9(6-13)16-8-3-2-7(14)11(15)12(8)17/h2-3H,4-6H2,1H3. The number of halogens is 3. The van der Waals surface area contributed by atoms with Gasteiger partial charge in [0.15, 0.2) is 11.6 Å². The highest BCUT2D eigenvalue weighted by atomic mass is 35.5. The van der Waals surface area contributed by atoms with E-state index in [4.69, 9.17) is 11.6 Å². The number of nitrogens with zero attached hydrogens (tertiary/aromatic N) is 2. The van der Waals surface area contributed by atoms with Gasteiger partial charge in [-0.15, -0.1) is 11.6 Å². The summed E-state index contributed by atoms with van der Waals surface area (Å²) in [5, 5.41) is 0. The summed E-state index contributed by atoms with van der Waals surface area (Å²) in [6.45, 7) is 0.131. The van der Waals surface area contributed by atoms with Crippen molar-refractivity contribution in [3.63, 3.8) is 0 Å². The van der Waals surface area contributed by atoms with E-state index in [-0.39, 0.29) is 24.4 Å². The summed E-state index contributed by atoms with van der Waals surface area (Å²) in [7, 11) is 1.26. The number of hydrogen-bond donors (Lipinski definition) is 0. The van der Waals surface area contributed by atoms with Crippen LogP contribution in [0.1, 0.15) is 12.2 Å². The summed E-state index contributed by atoms with van der Waals surface area (Å²) in [5.41, 5.74) is 0.318. The number of rotatable bonds is 4. The quantitative estimate of drug-likeness (QED) is 0.642. The number of carbonyl (C=O) groups is 1. The van der Waals surface area contributed by atoms with Gasteiger partial charge in [0.25, 0.3) is 0 Å². The molecule has 0 saturated heterocycles. The van der Waals surface area contributed by atoms with Crippen LogP contribution in [0, 0.1) is 11.6 Å². The summed E-state index contributed by atoms with van der Waals surface area (Å²) < 4.78 is 33.0. The van der Waals surface area contributed by atoms with Crippen LogP contribution in [0.3, 0.4) is 0 Å². The maximum Gasteiger partial charge on any atom is 0.307 e. The van der Waals surface area contributed by atoms with Crippen LogP contribution in [0.15, 0.2) is 12.1 Å². The third kappa shape index (κ3) is 2.53. The summed E-state index contributed by atoms with van der Waals surface area (Å²) in [4.78, 5) is 15.2. The molecule has 19 heavy (non-hydrogen) atoms. The topological polar surface area (TPSA) is 44.1 Å². The molecule has 0 fully saturated rings. The van der Waals surface area contributed by atoms with Crippen LogP contribution in [-0.2, 0) is 22.0 Å². The van der Waals surface area contributed by atoms with Crippen molar-refractivity contribution in [2.45, 2.75) is 18.8 Å². The zero-order valence-corrected chi connectivity index (χ0v) is 10.9. The molecule has 2 aromatic rings. The molecule has 1 aromatic carbocycles. The van der Waals surface area contributed by atoms with Crippen LogP contribution in [-0.4, -0.2) is 22.6 Å². The Morgan fingerprint density at radius 1 is 1.47 bits per heavy atom. The van der Waals surface area contributed by atoms with Crippen molar-refractivity contribution in [3.05, 3.63) is 29.6 Å². The highest BCUT2D eigenvalue weighted by Gasteiger charge is 2.17. The largest absolute Gasteiger partial charge is 0.469 e. The van der Waals surface area contributed by atoms with Crippen LogP contribution < -0.4 is 0 Å². The lowest BCUT2D eigenvalue weighted by Crippen LogP contribution is -2.10. The molecular formula is C12H11ClF2N2O2. The molecule has 0 saturated carbocycles. The van der Waals surface area contributed by atoms with E-state index in [9.17, 15) is 13.6 Å². The molecule has 0 N–H and O–H groups in total. The molecule has 0 aliphatic rings. The minimum Gasteiger partial charge on any atom is -0.469 e. The van der Waals surface area contributed by atoms with Gasteiger partial charge in [0.2, 0.25) is 0 Å². The molecule has 4 nitrogen and oxygen atoms in total. The highest BCUT2D eigenvalue weighted by molar-refractivity contribution is 6.16. The number of aromatic nitrogens is 2. The second-order valence-corrected chi connectivity index (χ2v) is 4.14. The fourth-order valence-corrected chi connectivity index (χ4v) is 2.06. The van der Waals surface area contributed by atoms with Crippen molar-refractivity contribution in [3.8, 4) is 0 Å². The molecule has 0 aliphatic heterocycles. The van der Waals surface area contributed by atoms with E-state index in [1.165, 1.54) is 17.7 Å². The van der Waals surface area contributed by atoms with E-state index < -0.39 is 17.6 Å². The molecule has 0 aliphatic carbocycles. The van der Waals surface area contributed by atoms with Crippen LogP contribution in [0.4, 0.5) is 8.78 Å². The van der Waals surface area contributed by atoms with Crippen LogP contribution in [0.2, 0.25) is 0 Å². The predicted molar refractivity (Wildman–Crippen MR) is 65.8 cm³/mol. The fraction of sp³-hybridized carbons (Fsp3) is 0.333. The van der Waals surface area contributed by atoms with Gasteiger partial charge in [-0.1, -0.05) is 0 Å². The first-order valence-corrected chi connectivity index (χ1v) is 6.07. The van der Waals surface area contributed by atoms with E-state index in [1.54, 1.807) is 0 Å². The minimum absolute atomic E-state index is 0.0135. The van der Waals surface area contributed by atoms with Gasteiger partial charge in [0.1, 0.15) is 11.3 Å². The van der Waals surface area contributed by atoms with Crippen LogP contribution in [0.25, 0.3) is 11.0 Å². The molecule has 1 heterocycles. The second kappa shape index (κ2) is 5.52. The molecule has 0 bridgehead atoms. The number of imidazole rings is 1. The third-order valence-electron chi connectivity index (χ3n) is 2.77. The normalized spacial score (nSPS) is 10.9. The highest BCUT2D eigenvalue weighted by Crippen LogP contribution is 2.23. The lowest BCUT2D eigenvalue weighted by atomic mass is 10.3. The molecule has 0 radical (unpaired) electrons. The van der Waals surface area contributed by atoms with Crippen molar-refractivity contribution in [2.24, 2.45) is 0 Å². The second-order valence-electron chi connectivity index (χ2n) is 3.87. The Balaban J connectivity index is 2.49. The van der Waals surface area contributed by atoms with E-state index in [0.717, 1.165) is 6.07 Å². The molecular weight excluding hydrogens is 278 g/mol. The number of alkyl halides is 1. The number of esters is 1. The van der Waals surface area contributed by atoms with E-state index in [2.05, 4.69) is 9.72 Å². The molecule has 7 heteroatoms. The Labute approximate surface area is 112 Å². The first-order valence-electron chi connectivity index (χ1n) is 5.54. The first kappa shape index (κ1) is 13.7. The maximum absolute atomic E-state index is 13.8. The van der Waals surface area contributed by atoms with Crippen LogP contribution >= 0.6 is 11.6 Å². The molecule has 102 valence electrons. The smallest absolute Gasteiger partial charge is 0.307 e. The summed E-state index contributed by atoms with van der Waals surface area (Å²) in [6.07, 6.45) is 0.0296. The Hall–Kier alpha value is -1.69. The van der Waals surface area contributed by atoms with Crippen LogP contribution in [0.5, 0.6) is 0 Å². The zero-order chi connectivity index (χ0) is 14.0. The van der Waals surface area contributed by atoms with Crippen molar-refractivity contribution in [2.75, 3.05) is 7.11 Å². The Morgan fingerprint density at radius 2 is 2.21 bits per heavy atom. The average molecular weight is 289 g/mol. The van der Waals surface area contributed by atoms with Gasteiger partial charge >= 0.3 is 5.97 Å². The number of fused-ring (bicyclic) bond motifs is 1. The SMILES string of the molecule is COC(=O)CCn1c(CCl)nc2ccc(F)c(F)c21. The number of ether oxygens (including phenoxy) is 1. The van der Waals surface area contributed by atoms with E-state index in [0.29, 0.717) is 11.3 Å². The van der Waals surface area contributed by atoms with Gasteiger partial charge in [-0.25, -0.2) is 13.8 Å². The first-order chi connectivity index (χ1) is 9.08. The third-order valence-corrected chi connectivity index (χ3v) is 3.00. The number of methoxy groups -OCH3 is 1. The molecule has 0 unspecified atom stereocenters. The lowest BCUT2D eigenvalue weighted by Gasteiger charge is -2.07. The zero-order valence-electron chi connectivity index (χ0n) is 10.1. The molecule has 1 aromatic heterocycles. The fourth-order valence-electron chi connectivity index (χ4n) is 1.85. The lowest BCUT2D eigenvalue weighted by molar-refractivity contribution is -0.140. The summed E-state index contributed by atoms with van der Waals surface area (Å²) in [6, 6.07) is 2.38. The average Bonchev–Trinajstić information content (AvgIpc) is 2.78. The number of aryl methyl sites for hydroxylation is 1. The van der Waals surface area contributed by atoms with Gasteiger partial charge in [-0.05, 0) is 12.1 Å². The summed E-state index contributed by atoms with van der Waals surface area (Å²) in [5.74, 6) is -1.99. The van der Waals surface area contributed by atoms with Gasteiger partial charge in [0, 0.05) is 6.54 Å². The number of carbonyl (C=O) groups excluding carboxylic acids is 1. The van der Waals surface area contributed by atoms with Gasteiger partial charge in [0.05, 0.1) is 24.9 Å². The van der Waals surface area contributed by atoms with Crippen molar-refractivity contribution >= 4 is 28.6 Å². The Morgan fingerprint density at radius 3 is 2.84 bits per heavy atom. The molecule has 0 spiro atoms. The molecule has 0 atom stereocenters. The van der Waals surface area contributed by atoms with Crippen molar-refractivity contribution < 1.29 is 18.3 Å². The number of hydrogen-bond acceptors (Lipinski definition) is 3. The van der Waals surface area contributed by atoms with Gasteiger partial charge in [-0.3, -0.25) is 4.79 Å². The Kier molecular flexibility index (Phi) is 3.99. The molecule has 2 rings (SSSR count). The van der Waals surface area contributed by atoms with Gasteiger partial charge < -0.3 is 9.30 Å². The van der Waals surface area contributed by atoms with E-state index >= 15 is 0 Å². The molecule has 0 amide bonds. The van der Waals surface area contributed by atoms with Gasteiger partial charge in [-0.2, -0.15) is 0 Å². The maximum atomic E-state index is 13.8. The van der Waals surface area contributed by atoms with E-state index in [1.807, 2.05) is 0 Å². The Bertz CT molecular complexity index is 628. The monoisotopic (exact) mass is 288 g/mol. The summed E-state index contributed by atoms with van der Waals surface area (Å²) >= 11 is 5.73. The minimum atomic E-state index is -0.994. The van der Waals surface area contributed by atoms with Crippen molar-refractivity contribution in [1.82, 2.24) is 9.55 Å². The van der Waals surface area contributed by atoms with Crippen molar-refractivity contribution in [1.29, 1.82) is 0 Å².